The number of carbonyl (C=O) groups excluding carboxylic acids is 1. The van der Waals surface area contributed by atoms with Crippen LogP contribution in [0.25, 0.3) is 11.4 Å². The highest BCUT2D eigenvalue weighted by Gasteiger charge is 2.42. The highest BCUT2D eigenvalue weighted by Crippen LogP contribution is 2.45. The smallest absolute Gasteiger partial charge is 0.226 e. The van der Waals surface area contributed by atoms with Crippen molar-refractivity contribution in [2.45, 2.75) is 39.7 Å². The predicted octanol–water partition coefficient (Wildman–Crippen LogP) is 4.31. The number of nitrogens with one attached hydrogen (secondary N) is 1. The average molecular weight is 385 g/mol. The van der Waals surface area contributed by atoms with E-state index in [4.69, 9.17) is 10.1 Å². The summed E-state index contributed by atoms with van der Waals surface area (Å²) in [5.74, 6) is 1.49. The number of aryl methyl sites for hydroxylation is 1. The quantitative estimate of drug-likeness (QED) is 0.712. The minimum Gasteiger partial charge on any atom is -0.328 e. The van der Waals surface area contributed by atoms with Gasteiger partial charge in [0.1, 0.15) is 6.04 Å². The zero-order chi connectivity index (χ0) is 20.2. The van der Waals surface area contributed by atoms with Gasteiger partial charge in [-0.05, 0) is 36.0 Å². The summed E-state index contributed by atoms with van der Waals surface area (Å²) in [4.78, 5) is 22.3. The molecule has 29 heavy (non-hydrogen) atoms. The number of carbonyl (C=O) groups is 1. The minimum atomic E-state index is -0.316. The molecule has 146 valence electrons. The van der Waals surface area contributed by atoms with Gasteiger partial charge in [0.2, 0.25) is 5.95 Å². The third-order valence-corrected chi connectivity index (χ3v) is 5.72. The minimum absolute atomic E-state index is 0.0799. The van der Waals surface area contributed by atoms with E-state index in [1.165, 1.54) is 0 Å². The molecule has 1 unspecified atom stereocenters. The van der Waals surface area contributed by atoms with E-state index in [0.29, 0.717) is 18.2 Å². The topological polar surface area (TPSA) is 72.7 Å². The van der Waals surface area contributed by atoms with E-state index in [1.807, 2.05) is 41.2 Å². The first-order valence-electron chi connectivity index (χ1n) is 9.89. The van der Waals surface area contributed by atoms with Crippen molar-refractivity contribution in [2.75, 3.05) is 5.32 Å². The summed E-state index contributed by atoms with van der Waals surface area (Å²) in [5.41, 5.74) is 4.71. The lowest BCUT2D eigenvalue weighted by Crippen LogP contribution is -2.36. The monoisotopic (exact) mass is 385 g/mol. The second kappa shape index (κ2) is 6.37. The molecule has 0 fully saturated rings. The van der Waals surface area contributed by atoms with Crippen molar-refractivity contribution in [3.63, 3.8) is 0 Å². The van der Waals surface area contributed by atoms with Crippen LogP contribution in [0.2, 0.25) is 0 Å². The number of anilines is 1. The van der Waals surface area contributed by atoms with E-state index in [9.17, 15) is 4.79 Å². The Labute approximate surface area is 169 Å². The van der Waals surface area contributed by atoms with Gasteiger partial charge in [-0.1, -0.05) is 44.2 Å². The molecule has 0 amide bonds. The van der Waals surface area contributed by atoms with E-state index in [-0.39, 0.29) is 17.2 Å². The first-order valence-corrected chi connectivity index (χ1v) is 9.89. The van der Waals surface area contributed by atoms with Gasteiger partial charge in [0, 0.05) is 35.6 Å². The normalized spacial score (nSPS) is 20.1. The number of allylic oxidation sites excluding steroid dienone is 2. The van der Waals surface area contributed by atoms with E-state index in [1.54, 1.807) is 6.20 Å². The molecular formula is C23H23N5O. The maximum absolute atomic E-state index is 13.2. The molecule has 1 N–H and O–H groups in total. The summed E-state index contributed by atoms with van der Waals surface area (Å²) < 4.78 is 1.84. The number of nitrogens with zero attached hydrogens (tertiary/aromatic N) is 4. The number of hydrogen-bond donors (Lipinski definition) is 1. The maximum Gasteiger partial charge on any atom is 0.226 e. The average Bonchev–Trinajstić information content (AvgIpc) is 3.09. The molecule has 1 aromatic carbocycles. The molecule has 0 radical (unpaired) electrons. The molecule has 2 aromatic heterocycles. The second-order valence-corrected chi connectivity index (χ2v) is 8.67. The molecular weight excluding hydrogens is 362 g/mol. The molecule has 2 aliphatic rings. The van der Waals surface area contributed by atoms with Gasteiger partial charge in [-0.25, -0.2) is 4.68 Å². The number of fused-ring (bicyclic) bond motifs is 1. The van der Waals surface area contributed by atoms with Crippen molar-refractivity contribution in [3.05, 3.63) is 71.2 Å². The largest absolute Gasteiger partial charge is 0.328 e. The van der Waals surface area contributed by atoms with Crippen LogP contribution in [0.5, 0.6) is 0 Å². The van der Waals surface area contributed by atoms with Crippen molar-refractivity contribution in [3.8, 4) is 11.4 Å². The van der Waals surface area contributed by atoms with E-state index < -0.39 is 0 Å². The third kappa shape index (κ3) is 2.95. The lowest BCUT2D eigenvalue weighted by molar-refractivity contribution is -0.118. The Morgan fingerprint density at radius 1 is 1.14 bits per heavy atom. The molecule has 6 heteroatoms. The molecule has 0 spiro atoms. The zero-order valence-electron chi connectivity index (χ0n) is 16.8. The van der Waals surface area contributed by atoms with Gasteiger partial charge in [0.05, 0.1) is 0 Å². The number of pyridine rings is 1. The fourth-order valence-electron chi connectivity index (χ4n) is 4.39. The van der Waals surface area contributed by atoms with Crippen LogP contribution in [0.4, 0.5) is 5.95 Å². The lowest BCUT2D eigenvalue weighted by atomic mass is 9.73. The molecule has 1 aliphatic heterocycles. The van der Waals surface area contributed by atoms with Gasteiger partial charge in [-0.3, -0.25) is 9.78 Å². The number of ketones is 1. The molecule has 3 aromatic rings. The predicted molar refractivity (Wildman–Crippen MR) is 111 cm³/mol. The zero-order valence-corrected chi connectivity index (χ0v) is 16.8. The standard InChI is InChI=1S/C23H23N5O/c1-14-7-4-5-9-16(14)21-26-22-25-17-11-23(2,3)12-18(29)19(17)20(28(22)27-21)15-8-6-10-24-13-15/h4-10,13,20H,11-12H2,1-3H3,(H,25,26,27). The van der Waals surface area contributed by atoms with Gasteiger partial charge in [0.15, 0.2) is 11.6 Å². The summed E-state index contributed by atoms with van der Waals surface area (Å²) >= 11 is 0. The van der Waals surface area contributed by atoms with Crippen LogP contribution in [0.3, 0.4) is 0 Å². The summed E-state index contributed by atoms with van der Waals surface area (Å²) in [5, 5.41) is 8.25. The van der Waals surface area contributed by atoms with Crippen LogP contribution < -0.4 is 5.32 Å². The van der Waals surface area contributed by atoms with Crippen molar-refractivity contribution < 1.29 is 4.79 Å². The summed E-state index contributed by atoms with van der Waals surface area (Å²) in [6, 6.07) is 11.7. The van der Waals surface area contributed by atoms with Crippen LogP contribution in [0, 0.1) is 12.3 Å². The first kappa shape index (κ1) is 17.8. The first-order chi connectivity index (χ1) is 13.9. The van der Waals surface area contributed by atoms with E-state index in [2.05, 4.69) is 37.1 Å². The fraction of sp³-hybridized carbons (Fsp3) is 0.304. The van der Waals surface area contributed by atoms with Gasteiger partial charge < -0.3 is 5.32 Å². The van der Waals surface area contributed by atoms with Crippen molar-refractivity contribution >= 4 is 11.7 Å². The number of benzene rings is 1. The Bertz CT molecular complexity index is 1140. The summed E-state index contributed by atoms with van der Waals surface area (Å²) in [7, 11) is 0. The van der Waals surface area contributed by atoms with Crippen molar-refractivity contribution in [1.29, 1.82) is 0 Å². The Hall–Kier alpha value is -3.28. The van der Waals surface area contributed by atoms with E-state index >= 15 is 0 Å². The number of hydrogen-bond acceptors (Lipinski definition) is 5. The molecule has 0 saturated heterocycles. The maximum atomic E-state index is 13.2. The Morgan fingerprint density at radius 3 is 2.72 bits per heavy atom. The fourth-order valence-corrected chi connectivity index (χ4v) is 4.39. The molecule has 3 heterocycles. The molecule has 1 aliphatic carbocycles. The highest BCUT2D eigenvalue weighted by atomic mass is 16.1. The van der Waals surface area contributed by atoms with Crippen LogP contribution in [0.1, 0.15) is 43.9 Å². The molecule has 1 atom stereocenters. The van der Waals surface area contributed by atoms with Gasteiger partial charge in [-0.15, -0.1) is 5.10 Å². The van der Waals surface area contributed by atoms with Gasteiger partial charge >= 0.3 is 0 Å². The number of rotatable bonds is 2. The molecule has 5 rings (SSSR count). The number of Topliss-reactive ketones (excluding diaryl/α,β-unsaturated/α-hetero) is 1. The van der Waals surface area contributed by atoms with Crippen LogP contribution in [0.15, 0.2) is 60.1 Å². The number of aromatic nitrogens is 4. The lowest BCUT2D eigenvalue weighted by Gasteiger charge is -2.38. The molecule has 0 bridgehead atoms. The van der Waals surface area contributed by atoms with Gasteiger partial charge in [-0.2, -0.15) is 4.98 Å². The van der Waals surface area contributed by atoms with Gasteiger partial charge in [0.25, 0.3) is 0 Å². The second-order valence-electron chi connectivity index (χ2n) is 8.67. The summed E-state index contributed by atoms with van der Waals surface area (Å²) in [6.07, 6.45) is 4.88. The Kier molecular flexibility index (Phi) is 3.91. The van der Waals surface area contributed by atoms with Crippen molar-refractivity contribution in [1.82, 2.24) is 19.7 Å². The van der Waals surface area contributed by atoms with E-state index in [0.717, 1.165) is 34.4 Å². The molecule has 6 nitrogen and oxygen atoms in total. The third-order valence-electron chi connectivity index (χ3n) is 5.72. The van der Waals surface area contributed by atoms with Crippen LogP contribution in [-0.4, -0.2) is 25.5 Å². The van der Waals surface area contributed by atoms with Crippen LogP contribution in [-0.2, 0) is 4.79 Å². The molecule has 0 saturated carbocycles. The Morgan fingerprint density at radius 2 is 1.97 bits per heavy atom. The van der Waals surface area contributed by atoms with Crippen molar-refractivity contribution in [2.24, 2.45) is 5.41 Å². The summed E-state index contributed by atoms with van der Waals surface area (Å²) in [6.45, 7) is 6.32. The van der Waals surface area contributed by atoms with Crippen LogP contribution >= 0.6 is 0 Å². The Balaban J connectivity index is 1.70. The highest BCUT2D eigenvalue weighted by molar-refractivity contribution is 6.00. The SMILES string of the molecule is Cc1ccccc1-c1nc2n(n1)C(c1cccnc1)C1=C(CC(C)(C)CC1=O)N2.